The minimum Gasteiger partial charge on any atom is -0.482 e. The number of hydrogen-bond donors (Lipinski definition) is 2. The van der Waals surface area contributed by atoms with Crippen molar-refractivity contribution in [2.24, 2.45) is 0 Å². The van der Waals surface area contributed by atoms with Gasteiger partial charge < -0.3 is 19.6 Å². The maximum Gasteiger partial charge on any atom is 0.341 e. The van der Waals surface area contributed by atoms with Crippen molar-refractivity contribution in [3.05, 3.63) is 53.5 Å². The van der Waals surface area contributed by atoms with Crippen molar-refractivity contribution in [3.8, 4) is 5.75 Å². The van der Waals surface area contributed by atoms with E-state index in [-0.39, 0.29) is 5.91 Å². The summed E-state index contributed by atoms with van der Waals surface area (Å²) in [5.74, 6) is -0.143. The fourth-order valence-corrected chi connectivity index (χ4v) is 1.98. The Morgan fingerprint density at radius 1 is 1.32 bits per heavy atom. The molecule has 0 saturated carbocycles. The molecule has 2 N–H and O–H groups in total. The predicted octanol–water partition coefficient (Wildman–Crippen LogP) is 2.24. The van der Waals surface area contributed by atoms with Gasteiger partial charge in [0.1, 0.15) is 11.5 Å². The number of furan rings is 1. The minimum atomic E-state index is -1.04. The number of carbonyl (C=O) groups excluding carboxylic acids is 1. The highest BCUT2D eigenvalue weighted by Crippen LogP contribution is 2.14. The van der Waals surface area contributed by atoms with Crippen LogP contribution in [0.15, 0.2) is 41.0 Å². The first-order chi connectivity index (χ1) is 10.6. The van der Waals surface area contributed by atoms with E-state index >= 15 is 0 Å². The topological polar surface area (TPSA) is 88.8 Å². The molecule has 116 valence electrons. The summed E-state index contributed by atoms with van der Waals surface area (Å²) in [6.45, 7) is 1.83. The lowest BCUT2D eigenvalue weighted by Gasteiger charge is -2.08. The fourth-order valence-electron chi connectivity index (χ4n) is 1.98. The van der Waals surface area contributed by atoms with Gasteiger partial charge in [-0.15, -0.1) is 0 Å². The second-order valence-corrected chi connectivity index (χ2v) is 4.62. The van der Waals surface area contributed by atoms with Crippen molar-refractivity contribution in [3.63, 3.8) is 0 Å². The van der Waals surface area contributed by atoms with Crippen LogP contribution in [-0.2, 0) is 17.8 Å². The lowest BCUT2D eigenvalue weighted by atomic mass is 10.2. The molecule has 0 bridgehead atoms. The van der Waals surface area contributed by atoms with E-state index in [1.165, 1.54) is 6.26 Å². The molecule has 1 aromatic heterocycles. The van der Waals surface area contributed by atoms with Crippen molar-refractivity contribution in [2.75, 3.05) is 6.61 Å². The van der Waals surface area contributed by atoms with Crippen LogP contribution in [0.4, 0.5) is 0 Å². The molecule has 2 rings (SSSR count). The molecule has 1 aromatic carbocycles. The Morgan fingerprint density at radius 2 is 2.14 bits per heavy atom. The molecule has 22 heavy (non-hydrogen) atoms. The maximum absolute atomic E-state index is 12.1. The molecule has 0 aliphatic carbocycles. The van der Waals surface area contributed by atoms with Crippen molar-refractivity contribution >= 4 is 11.9 Å². The summed E-state index contributed by atoms with van der Waals surface area (Å²) >= 11 is 0. The largest absolute Gasteiger partial charge is 0.482 e. The standard InChI is InChI=1S/C16H17NO5/c1-2-14-13(6-7-21-14)16(20)17-9-11-4-3-5-12(8-11)22-10-15(18)19/h3-8H,2,9-10H2,1H3,(H,17,20)(H,18,19). The number of carboxylic acid groups (broad SMARTS) is 1. The average Bonchev–Trinajstić information content (AvgIpc) is 2.99. The first-order valence-corrected chi connectivity index (χ1v) is 6.88. The molecule has 1 amide bonds. The smallest absolute Gasteiger partial charge is 0.341 e. The number of rotatable bonds is 7. The van der Waals surface area contributed by atoms with Crippen molar-refractivity contribution in [1.82, 2.24) is 5.32 Å². The Morgan fingerprint density at radius 3 is 2.86 bits per heavy atom. The van der Waals surface area contributed by atoms with E-state index in [4.69, 9.17) is 14.3 Å². The van der Waals surface area contributed by atoms with Crippen LogP contribution in [0.5, 0.6) is 5.75 Å². The van der Waals surface area contributed by atoms with Gasteiger partial charge in [-0.3, -0.25) is 4.79 Å². The van der Waals surface area contributed by atoms with Crippen LogP contribution in [0, 0.1) is 0 Å². The molecule has 0 fully saturated rings. The lowest BCUT2D eigenvalue weighted by molar-refractivity contribution is -0.139. The van der Waals surface area contributed by atoms with Crippen LogP contribution in [0.2, 0.25) is 0 Å². The monoisotopic (exact) mass is 303 g/mol. The van der Waals surface area contributed by atoms with Gasteiger partial charge in [0.15, 0.2) is 6.61 Å². The van der Waals surface area contributed by atoms with E-state index in [1.807, 2.05) is 13.0 Å². The number of carbonyl (C=O) groups is 2. The van der Waals surface area contributed by atoms with Crippen LogP contribution < -0.4 is 10.1 Å². The first kappa shape index (κ1) is 15.6. The van der Waals surface area contributed by atoms with Gasteiger partial charge in [0, 0.05) is 13.0 Å². The summed E-state index contributed by atoms with van der Waals surface area (Å²) in [5.41, 5.74) is 1.35. The fraction of sp³-hybridized carbons (Fsp3) is 0.250. The SMILES string of the molecule is CCc1occc1C(=O)NCc1cccc(OCC(=O)O)c1. The van der Waals surface area contributed by atoms with E-state index in [1.54, 1.807) is 24.3 Å². The third kappa shape index (κ3) is 4.12. The second-order valence-electron chi connectivity index (χ2n) is 4.62. The van der Waals surface area contributed by atoms with Crippen LogP contribution in [0.3, 0.4) is 0 Å². The van der Waals surface area contributed by atoms with Crippen LogP contribution in [0.1, 0.15) is 28.6 Å². The molecule has 0 radical (unpaired) electrons. The molecule has 0 aliphatic heterocycles. The van der Waals surface area contributed by atoms with Crippen molar-refractivity contribution in [1.29, 1.82) is 0 Å². The number of nitrogens with one attached hydrogen (secondary N) is 1. The van der Waals surface area contributed by atoms with Crippen LogP contribution in [-0.4, -0.2) is 23.6 Å². The summed E-state index contributed by atoms with van der Waals surface area (Å²) in [6.07, 6.45) is 2.14. The normalized spacial score (nSPS) is 10.2. The molecule has 0 spiro atoms. The van der Waals surface area contributed by atoms with Gasteiger partial charge in [-0.05, 0) is 23.8 Å². The van der Waals surface area contributed by atoms with E-state index in [2.05, 4.69) is 5.32 Å². The van der Waals surface area contributed by atoms with Gasteiger partial charge in [-0.2, -0.15) is 0 Å². The number of ether oxygens (including phenoxy) is 1. The molecule has 2 aromatic rings. The summed E-state index contributed by atoms with van der Waals surface area (Å²) in [6, 6.07) is 8.57. The molecular formula is C16H17NO5. The highest BCUT2D eigenvalue weighted by Gasteiger charge is 2.12. The Balaban J connectivity index is 1.95. The first-order valence-electron chi connectivity index (χ1n) is 6.88. The number of hydrogen-bond acceptors (Lipinski definition) is 4. The van der Waals surface area contributed by atoms with E-state index < -0.39 is 12.6 Å². The van der Waals surface area contributed by atoms with E-state index in [9.17, 15) is 9.59 Å². The Hall–Kier alpha value is -2.76. The minimum absolute atomic E-state index is 0.206. The zero-order valence-corrected chi connectivity index (χ0v) is 12.2. The van der Waals surface area contributed by atoms with Gasteiger partial charge in [0.25, 0.3) is 5.91 Å². The number of benzene rings is 1. The highest BCUT2D eigenvalue weighted by molar-refractivity contribution is 5.95. The lowest BCUT2D eigenvalue weighted by Crippen LogP contribution is -2.23. The third-order valence-corrected chi connectivity index (χ3v) is 3.02. The molecule has 1 heterocycles. The van der Waals surface area contributed by atoms with Crippen molar-refractivity contribution < 1.29 is 23.8 Å². The Bertz CT molecular complexity index is 662. The predicted molar refractivity (Wildman–Crippen MR) is 78.8 cm³/mol. The van der Waals surface area contributed by atoms with Gasteiger partial charge in [0.2, 0.25) is 0 Å². The summed E-state index contributed by atoms with van der Waals surface area (Å²) < 4.78 is 10.3. The van der Waals surface area contributed by atoms with Crippen LogP contribution >= 0.6 is 0 Å². The molecular weight excluding hydrogens is 286 g/mol. The molecule has 0 aliphatic rings. The number of aliphatic carboxylic acids is 1. The summed E-state index contributed by atoms with van der Waals surface area (Å²) in [4.78, 5) is 22.6. The average molecular weight is 303 g/mol. The van der Waals surface area contributed by atoms with E-state index in [0.29, 0.717) is 30.0 Å². The molecule has 0 atom stereocenters. The van der Waals surface area contributed by atoms with Gasteiger partial charge in [0.05, 0.1) is 11.8 Å². The Labute approximate surface area is 127 Å². The quantitative estimate of drug-likeness (QED) is 0.819. The Kier molecular flexibility index (Phi) is 5.19. The van der Waals surface area contributed by atoms with Crippen molar-refractivity contribution in [2.45, 2.75) is 19.9 Å². The zero-order chi connectivity index (χ0) is 15.9. The molecule has 6 heteroatoms. The third-order valence-electron chi connectivity index (χ3n) is 3.02. The van der Waals surface area contributed by atoms with Crippen LogP contribution in [0.25, 0.3) is 0 Å². The zero-order valence-electron chi connectivity index (χ0n) is 12.2. The van der Waals surface area contributed by atoms with E-state index in [0.717, 1.165) is 5.56 Å². The van der Waals surface area contributed by atoms with Gasteiger partial charge in [-0.25, -0.2) is 4.79 Å². The number of carboxylic acids is 1. The second kappa shape index (κ2) is 7.31. The maximum atomic E-state index is 12.1. The van der Waals surface area contributed by atoms with Gasteiger partial charge >= 0.3 is 5.97 Å². The number of amides is 1. The summed E-state index contributed by atoms with van der Waals surface area (Å²) in [7, 11) is 0. The molecule has 0 saturated heterocycles. The number of aryl methyl sites for hydroxylation is 1. The highest BCUT2D eigenvalue weighted by atomic mass is 16.5. The molecule has 0 unspecified atom stereocenters. The van der Waals surface area contributed by atoms with Gasteiger partial charge in [-0.1, -0.05) is 19.1 Å². The molecule has 6 nitrogen and oxygen atoms in total. The summed E-state index contributed by atoms with van der Waals surface area (Å²) in [5, 5.41) is 11.4.